The third-order valence-corrected chi connectivity index (χ3v) is 4.79. The Kier molecular flexibility index (Phi) is 6.07. The van der Waals surface area contributed by atoms with E-state index in [1.165, 1.54) is 0 Å². The number of rotatable bonds is 7. The van der Waals surface area contributed by atoms with Crippen LogP contribution >= 0.6 is 11.6 Å². The second-order valence-corrected chi connectivity index (χ2v) is 7.02. The predicted molar refractivity (Wildman–Crippen MR) is 89.5 cm³/mol. The molecule has 0 amide bonds. The number of sulfonamides is 1. The van der Waals surface area contributed by atoms with Crippen molar-refractivity contribution in [2.75, 3.05) is 6.54 Å². The molecule has 0 saturated heterocycles. The topological polar surface area (TPSA) is 116 Å². The molecule has 0 atom stereocenters. The summed E-state index contributed by atoms with van der Waals surface area (Å²) in [6.07, 6.45) is 0. The van der Waals surface area contributed by atoms with Crippen molar-refractivity contribution >= 4 is 33.3 Å². The second kappa shape index (κ2) is 8.06. The number of carbonyl (C=O) groups is 1. The van der Waals surface area contributed by atoms with Gasteiger partial charge in [0.2, 0.25) is 10.0 Å². The first-order valence-corrected chi connectivity index (χ1v) is 8.79. The minimum atomic E-state index is -4.12. The number of nitrogens with one attached hydrogen (secondary N) is 1. The van der Waals surface area contributed by atoms with Crippen LogP contribution < -0.4 is 4.72 Å². The van der Waals surface area contributed by atoms with Gasteiger partial charge in [-0.25, -0.2) is 8.42 Å². The molecule has 0 fully saturated rings. The summed E-state index contributed by atoms with van der Waals surface area (Å²) in [4.78, 5) is 21.3. The number of carbonyl (C=O) groups excluding carboxylic acids is 1. The Morgan fingerprint density at radius 3 is 2.52 bits per heavy atom. The summed E-state index contributed by atoms with van der Waals surface area (Å²) in [5, 5.41) is 10.6. The highest BCUT2D eigenvalue weighted by Crippen LogP contribution is 2.26. The lowest BCUT2D eigenvalue weighted by Crippen LogP contribution is -2.30. The zero-order valence-corrected chi connectivity index (χ0v) is 14.3. The van der Waals surface area contributed by atoms with Crippen molar-refractivity contribution in [1.29, 1.82) is 0 Å². The third kappa shape index (κ3) is 5.24. The van der Waals surface area contributed by atoms with Crippen LogP contribution in [0.3, 0.4) is 0 Å². The maximum Gasteiger partial charge on any atom is 0.321 e. The monoisotopic (exact) mass is 384 g/mol. The molecule has 2 aromatic rings. The van der Waals surface area contributed by atoms with Gasteiger partial charge in [0.1, 0.15) is 18.2 Å². The van der Waals surface area contributed by atoms with Crippen molar-refractivity contribution in [3.05, 3.63) is 69.2 Å². The SMILES string of the molecule is O=C(CNS(=O)(=O)c1ccc(Cl)c([N+](=O)[O-])c1)OCc1ccccc1. The third-order valence-electron chi connectivity index (χ3n) is 3.07. The van der Waals surface area contributed by atoms with Crippen molar-refractivity contribution in [3.63, 3.8) is 0 Å². The van der Waals surface area contributed by atoms with Gasteiger partial charge in [-0.15, -0.1) is 0 Å². The van der Waals surface area contributed by atoms with Gasteiger partial charge in [-0.3, -0.25) is 14.9 Å². The highest BCUT2D eigenvalue weighted by Gasteiger charge is 2.21. The van der Waals surface area contributed by atoms with Gasteiger partial charge >= 0.3 is 5.97 Å². The zero-order chi connectivity index (χ0) is 18.4. The molecule has 0 aliphatic carbocycles. The average molecular weight is 385 g/mol. The first kappa shape index (κ1) is 18.8. The Hall–Kier alpha value is -2.49. The van der Waals surface area contributed by atoms with Crippen molar-refractivity contribution < 1.29 is 22.9 Å². The summed E-state index contributed by atoms with van der Waals surface area (Å²) in [6.45, 7) is -0.598. The van der Waals surface area contributed by atoms with Crippen molar-refractivity contribution in [1.82, 2.24) is 4.72 Å². The lowest BCUT2D eigenvalue weighted by atomic mass is 10.2. The van der Waals surface area contributed by atoms with E-state index in [1.54, 1.807) is 24.3 Å². The molecule has 0 heterocycles. The van der Waals surface area contributed by atoms with Gasteiger partial charge in [0.05, 0.1) is 9.82 Å². The minimum absolute atomic E-state index is 0.00776. The number of nitro benzene ring substituents is 1. The molecule has 0 radical (unpaired) electrons. The standard InChI is InChI=1S/C15H13ClN2O6S/c16-13-7-6-12(8-14(13)18(20)21)25(22,23)17-9-15(19)24-10-11-4-2-1-3-5-11/h1-8,17H,9-10H2. The summed E-state index contributed by atoms with van der Waals surface area (Å²) in [6, 6.07) is 11.9. The number of benzene rings is 2. The summed E-state index contributed by atoms with van der Waals surface area (Å²) in [5.41, 5.74) is 0.211. The van der Waals surface area contributed by atoms with Gasteiger partial charge in [0.15, 0.2) is 0 Å². The van der Waals surface area contributed by atoms with Crippen LogP contribution in [-0.4, -0.2) is 25.9 Å². The van der Waals surface area contributed by atoms with E-state index in [2.05, 4.69) is 0 Å². The van der Waals surface area contributed by atoms with Crippen LogP contribution in [0, 0.1) is 10.1 Å². The minimum Gasteiger partial charge on any atom is -0.460 e. The summed E-state index contributed by atoms with van der Waals surface area (Å²) in [5.74, 6) is -0.782. The number of nitro groups is 1. The summed E-state index contributed by atoms with van der Waals surface area (Å²) >= 11 is 5.64. The molecule has 25 heavy (non-hydrogen) atoms. The first-order chi connectivity index (χ1) is 11.8. The highest BCUT2D eigenvalue weighted by atomic mass is 35.5. The molecule has 0 bridgehead atoms. The Bertz CT molecular complexity index is 886. The quantitative estimate of drug-likeness (QED) is 0.444. The van der Waals surface area contributed by atoms with Gasteiger partial charge in [-0.1, -0.05) is 41.9 Å². The van der Waals surface area contributed by atoms with Crippen molar-refractivity contribution in [3.8, 4) is 0 Å². The molecule has 0 saturated carbocycles. The average Bonchev–Trinajstić information content (AvgIpc) is 2.59. The number of halogens is 1. The van der Waals surface area contributed by atoms with E-state index < -0.39 is 33.1 Å². The molecular weight excluding hydrogens is 372 g/mol. The maximum atomic E-state index is 12.1. The van der Waals surface area contributed by atoms with E-state index in [-0.39, 0.29) is 16.5 Å². The van der Waals surface area contributed by atoms with Gasteiger partial charge in [0.25, 0.3) is 5.69 Å². The van der Waals surface area contributed by atoms with E-state index in [1.807, 2.05) is 10.8 Å². The smallest absolute Gasteiger partial charge is 0.321 e. The summed E-state index contributed by atoms with van der Waals surface area (Å²) < 4.78 is 31.2. The largest absolute Gasteiger partial charge is 0.460 e. The van der Waals surface area contributed by atoms with Gasteiger partial charge in [0, 0.05) is 6.07 Å². The zero-order valence-electron chi connectivity index (χ0n) is 12.7. The fourth-order valence-corrected chi connectivity index (χ4v) is 3.00. The highest BCUT2D eigenvalue weighted by molar-refractivity contribution is 7.89. The van der Waals surface area contributed by atoms with Crippen LogP contribution in [0.25, 0.3) is 0 Å². The van der Waals surface area contributed by atoms with E-state index in [4.69, 9.17) is 16.3 Å². The van der Waals surface area contributed by atoms with E-state index in [0.717, 1.165) is 23.8 Å². The van der Waals surface area contributed by atoms with E-state index in [9.17, 15) is 23.3 Å². The number of hydrogen-bond acceptors (Lipinski definition) is 6. The van der Waals surface area contributed by atoms with Crippen molar-refractivity contribution in [2.45, 2.75) is 11.5 Å². The first-order valence-electron chi connectivity index (χ1n) is 6.93. The molecule has 2 rings (SSSR count). The lowest BCUT2D eigenvalue weighted by Gasteiger charge is -2.08. The van der Waals surface area contributed by atoms with Crippen LogP contribution in [0.1, 0.15) is 5.56 Å². The molecule has 2 aromatic carbocycles. The molecule has 132 valence electrons. The van der Waals surface area contributed by atoms with Crippen LogP contribution in [0.2, 0.25) is 5.02 Å². The van der Waals surface area contributed by atoms with Crippen LogP contribution in [0.15, 0.2) is 53.4 Å². The number of ether oxygens (including phenoxy) is 1. The molecule has 0 aliphatic rings. The number of esters is 1. The molecule has 0 aliphatic heterocycles. The van der Waals surface area contributed by atoms with E-state index >= 15 is 0 Å². The predicted octanol–water partition coefficient (Wildman–Crippen LogP) is 2.27. The second-order valence-electron chi connectivity index (χ2n) is 4.84. The fraction of sp³-hybridized carbons (Fsp3) is 0.133. The van der Waals surface area contributed by atoms with Crippen molar-refractivity contribution in [2.24, 2.45) is 0 Å². The molecule has 0 unspecified atom stereocenters. The number of nitrogens with zero attached hydrogens (tertiary/aromatic N) is 1. The van der Waals surface area contributed by atoms with Gasteiger partial charge in [-0.2, -0.15) is 4.72 Å². The normalized spacial score (nSPS) is 11.1. The van der Waals surface area contributed by atoms with Crippen LogP contribution in [0.5, 0.6) is 0 Å². The Morgan fingerprint density at radius 1 is 1.20 bits per heavy atom. The van der Waals surface area contributed by atoms with Crippen LogP contribution in [-0.2, 0) is 26.2 Å². The lowest BCUT2D eigenvalue weighted by molar-refractivity contribution is -0.384. The Balaban J connectivity index is 1.98. The molecule has 0 aromatic heterocycles. The number of hydrogen-bond donors (Lipinski definition) is 1. The fourth-order valence-electron chi connectivity index (χ4n) is 1.83. The molecule has 1 N–H and O–H groups in total. The molecule has 8 nitrogen and oxygen atoms in total. The Labute approximate surface area is 148 Å². The van der Waals surface area contributed by atoms with Gasteiger partial charge in [-0.05, 0) is 17.7 Å². The molecule has 10 heteroatoms. The summed E-state index contributed by atoms with van der Waals surface area (Å²) in [7, 11) is -4.12. The molecule has 0 spiro atoms. The van der Waals surface area contributed by atoms with Gasteiger partial charge < -0.3 is 4.74 Å². The maximum absolute atomic E-state index is 12.1. The van der Waals surface area contributed by atoms with Crippen LogP contribution in [0.4, 0.5) is 5.69 Å². The van der Waals surface area contributed by atoms with E-state index in [0.29, 0.717) is 0 Å². The Morgan fingerprint density at radius 2 is 1.88 bits per heavy atom. The molecular formula is C15H13ClN2O6S.